The van der Waals surface area contributed by atoms with Crippen LogP contribution in [-0.2, 0) is 129 Å². The Balaban J connectivity index is 0.000000131. The van der Waals surface area contributed by atoms with Gasteiger partial charge in [0.25, 0.3) is 0 Å². The van der Waals surface area contributed by atoms with Gasteiger partial charge in [0.05, 0.1) is 75.8 Å². The van der Waals surface area contributed by atoms with E-state index in [9.17, 15) is 100 Å². The van der Waals surface area contributed by atoms with Crippen LogP contribution in [0, 0.1) is 55.4 Å². The number of benzene rings is 1. The Morgan fingerprint density at radius 3 is 1.13 bits per heavy atom. The molecule has 0 aliphatic carbocycles. The molecule has 54 heteroatoms. The number of halogens is 15. The van der Waals surface area contributed by atoms with Crippen molar-refractivity contribution in [3.8, 4) is 5.75 Å². The van der Waals surface area contributed by atoms with Gasteiger partial charge in [0.2, 0.25) is 29.7 Å². The number of aliphatic hydroxyl groups excluding tert-OH is 2. The van der Waals surface area contributed by atoms with Crippen molar-refractivity contribution in [2.45, 2.75) is 197 Å². The standard InChI is InChI=1S/C20H20F3N5O3S.C19H18F3N5OS.C18H17F3N4O2S2.C18H17F3N4OS2.C17H16F3N5OS2/c1-3-31-13-5-4-12-8-27(10-16(29)15(12)6-13)18-25-11(2)28(19(30)26-18)9-14-7-24-17(32-14)20(21,22)23;1-11-3-4-13-9-26(8-7-15(13)23-11)17-24-12(2)27(18(28)25-17)10-14-5-6-16(29-14)19(20,21)22;1-10-22-16(24-5-4-14-11(7-24)6-13(9-26)28-14)23-17(27)25(10)8-12-2-3-15(29-12)18(19,20)21;1-10-7-12-8-24(6-5-14(12)27-10)16-22-11(2)25(17(26)23-16)9-13-3-4-15(28-13)18(19,20)21;1-9-21-15(24-6-5-12-13(8-24)27-10(2)22-12)23-16(26)25(9)7-11-3-4-14(28-11)17(18,19)20/h4-7,16,29H,3,8-10H2,1-2H3;3-6H,7-10H2,1-2H3;2-3,6,26H,4-5,7-9H2,1H3;3-4,7H,5-6,8-9H2,1-2H3;3-4H,5-8H2,1-2H3. The zero-order valence-corrected chi connectivity index (χ0v) is 85.3. The number of nitrogens with zero attached hydrogens (tertiary/aromatic N) is 23. The van der Waals surface area contributed by atoms with Gasteiger partial charge in [-0.2, -0.15) is 116 Å². The van der Waals surface area contributed by atoms with Gasteiger partial charge in [-0.15, -0.1) is 90.7 Å². The third-order valence-corrected chi connectivity index (χ3v) is 32.4. The summed E-state index contributed by atoms with van der Waals surface area (Å²) in [6.07, 6.45) is -18.6. The summed E-state index contributed by atoms with van der Waals surface area (Å²) >= 11 is 7.96. The number of aliphatic hydroxyl groups is 2. The van der Waals surface area contributed by atoms with Crippen LogP contribution in [0.25, 0.3) is 0 Å². The van der Waals surface area contributed by atoms with Crippen molar-refractivity contribution in [2.75, 3.05) is 63.8 Å². The highest BCUT2D eigenvalue weighted by molar-refractivity contribution is 7.14. The van der Waals surface area contributed by atoms with Crippen molar-refractivity contribution in [2.24, 2.45) is 0 Å². The van der Waals surface area contributed by atoms with Crippen LogP contribution in [0.3, 0.4) is 0 Å². The molecule has 5 aliphatic heterocycles. The number of β-amino-alcohol motifs (C(OH)–C–C–N with tert-alkyl or cyclic N) is 1. The fourth-order valence-corrected chi connectivity index (χ4v) is 23.7. The van der Waals surface area contributed by atoms with Crippen molar-refractivity contribution >= 4 is 120 Å². The van der Waals surface area contributed by atoms with E-state index in [1.54, 1.807) is 79.6 Å². The number of ether oxygens (including phenoxy) is 1. The van der Waals surface area contributed by atoms with Crippen LogP contribution < -0.4 is 57.7 Å². The van der Waals surface area contributed by atoms with Gasteiger partial charge in [0.15, 0.2) is 5.01 Å². The van der Waals surface area contributed by atoms with Gasteiger partial charge in [-0.3, -0.25) is 27.8 Å². The van der Waals surface area contributed by atoms with Gasteiger partial charge in [-0.1, -0.05) is 12.1 Å². The SMILES string of the molecule is CCOc1ccc2c(c1)C(O)CN(c1nc(C)n(Cc3cnc(C(F)(F)F)s3)c(=O)n1)C2.Cc1cc2c(s1)CCN(c1nc(C)n(Cc3ccc(C(F)(F)F)s3)c(=O)n1)C2.Cc1ccc2c(n1)CCN(c1nc(C)n(Cc3ccc(C(F)(F)F)s3)c(=O)n1)C2.Cc1nc(N2CCc3sc(CO)cc3C2)nc(=O)n1Cc1ccc(C(F)(F)F)s1.Cc1nc2c(s1)CN(c1nc(C)n(Cc3ccc(C(F)(F)F)s3)c(=O)n1)CC2. The first-order valence-corrected chi connectivity index (χ1v) is 51.4. The predicted molar refractivity (Wildman–Crippen MR) is 523 cm³/mol. The molecule has 0 amide bonds. The van der Waals surface area contributed by atoms with Crippen molar-refractivity contribution in [1.29, 1.82) is 0 Å². The van der Waals surface area contributed by atoms with Gasteiger partial charge < -0.3 is 39.4 Å². The lowest BCUT2D eigenvalue weighted by atomic mass is 9.97. The summed E-state index contributed by atoms with van der Waals surface area (Å²) in [4.78, 5) is 132. The van der Waals surface area contributed by atoms with E-state index in [-0.39, 0.29) is 56.7 Å². The topological polar surface area (TPSA) is 343 Å². The highest BCUT2D eigenvalue weighted by Crippen LogP contribution is 2.42. The maximum Gasteiger partial charge on any atom is 0.443 e. The van der Waals surface area contributed by atoms with E-state index in [4.69, 9.17) is 4.74 Å². The first-order chi connectivity index (χ1) is 69.0. The second kappa shape index (κ2) is 43.5. The Morgan fingerprint density at radius 2 is 0.733 bits per heavy atom. The number of aryl methyl sites for hydroxylation is 8. The largest absolute Gasteiger partial charge is 0.494 e. The van der Waals surface area contributed by atoms with Gasteiger partial charge in [0, 0.05) is 132 Å². The highest BCUT2D eigenvalue weighted by Gasteiger charge is 2.39. The van der Waals surface area contributed by atoms with E-state index in [1.807, 2.05) is 70.7 Å². The lowest BCUT2D eigenvalue weighted by molar-refractivity contribution is -0.138. The Labute approximate surface area is 851 Å². The number of hydrogen-bond donors (Lipinski definition) is 2. The maximum atomic E-state index is 12.8. The molecule has 1 aromatic carbocycles. The van der Waals surface area contributed by atoms with Crippen molar-refractivity contribution in [1.82, 2.24) is 87.6 Å². The average molecular weight is 2190 g/mol. The molecular formula is C92H88F15N23O8S8. The van der Waals surface area contributed by atoms with Crippen LogP contribution in [0.1, 0.15) is 165 Å². The molecule has 31 nitrogen and oxygen atoms in total. The minimum Gasteiger partial charge on any atom is -0.494 e. The number of anilines is 5. The maximum absolute atomic E-state index is 12.8. The zero-order chi connectivity index (χ0) is 105. The molecule has 19 heterocycles. The van der Waals surface area contributed by atoms with Crippen LogP contribution in [0.4, 0.5) is 95.6 Å². The summed E-state index contributed by atoms with van der Waals surface area (Å²) in [5.74, 6) is 4.15. The quantitative estimate of drug-likeness (QED) is 0.0754. The highest BCUT2D eigenvalue weighted by atomic mass is 32.1. The molecule has 1 atom stereocenters. The predicted octanol–water partition coefficient (Wildman–Crippen LogP) is 16.9. The Morgan fingerprint density at radius 1 is 0.356 bits per heavy atom. The Bertz CT molecular complexity index is 7460. The van der Waals surface area contributed by atoms with Gasteiger partial charge in [0.1, 0.15) is 54.4 Å². The number of fused-ring (bicyclic) bond motifs is 5. The molecule has 0 saturated heterocycles. The monoisotopic (exact) mass is 2180 g/mol. The minimum absolute atomic E-state index is 0.000230. The minimum atomic E-state index is -4.53. The van der Waals surface area contributed by atoms with Crippen LogP contribution in [0.15, 0.2) is 121 Å². The number of hydrogen-bond acceptors (Lipinski definition) is 34. The summed E-state index contributed by atoms with van der Waals surface area (Å²) in [6, 6.07) is 23.2. The van der Waals surface area contributed by atoms with Crippen LogP contribution in [0.5, 0.6) is 5.75 Å². The fraction of sp³-hybridized carbons (Fsp3) is 0.391. The number of alkyl halides is 15. The van der Waals surface area contributed by atoms with Crippen molar-refractivity contribution in [3.05, 3.63) is 302 Å². The lowest BCUT2D eigenvalue weighted by Crippen LogP contribution is -2.38. The zero-order valence-electron chi connectivity index (χ0n) is 78.7. The van der Waals surface area contributed by atoms with Crippen molar-refractivity contribution in [3.63, 3.8) is 0 Å². The molecule has 0 radical (unpaired) electrons. The molecule has 2 N–H and O–H groups in total. The molecule has 772 valence electrons. The van der Waals surface area contributed by atoms with E-state index in [0.29, 0.717) is 194 Å². The summed E-state index contributed by atoms with van der Waals surface area (Å²) in [7, 11) is 0. The van der Waals surface area contributed by atoms with Gasteiger partial charge in [-0.25, -0.2) is 33.9 Å². The second-order valence-corrected chi connectivity index (χ2v) is 43.7. The van der Waals surface area contributed by atoms with E-state index in [2.05, 4.69) is 77.8 Å². The van der Waals surface area contributed by atoms with Crippen LogP contribution in [-0.4, -0.2) is 137 Å². The third-order valence-electron chi connectivity index (χ3n) is 23.6. The Kier molecular flexibility index (Phi) is 31.7. The molecule has 1 unspecified atom stereocenters. The molecule has 15 aromatic rings. The smallest absolute Gasteiger partial charge is 0.443 e. The number of pyridine rings is 1. The van der Waals surface area contributed by atoms with Crippen molar-refractivity contribution < 1.29 is 80.8 Å². The number of aromatic nitrogens is 18. The fourth-order valence-electron chi connectivity index (χ4n) is 16.4. The van der Waals surface area contributed by atoms with E-state index < -0.39 is 90.0 Å². The summed E-state index contributed by atoms with van der Waals surface area (Å²) in [6.45, 7) is 22.2. The molecule has 20 rings (SSSR count). The summed E-state index contributed by atoms with van der Waals surface area (Å²) < 4.78 is 204. The summed E-state index contributed by atoms with van der Waals surface area (Å²) in [5, 5.41) is 20.0. The summed E-state index contributed by atoms with van der Waals surface area (Å²) in [5.41, 5.74) is 5.39. The first-order valence-electron chi connectivity index (χ1n) is 44.8. The van der Waals surface area contributed by atoms with E-state index in [1.165, 1.54) is 67.3 Å². The van der Waals surface area contributed by atoms with Crippen LogP contribution in [0.2, 0.25) is 0 Å². The normalized spacial score (nSPS) is 14.7. The van der Waals surface area contributed by atoms with E-state index >= 15 is 0 Å². The first kappa shape index (κ1) is 106. The molecule has 5 aliphatic rings. The molecule has 14 aromatic heterocycles. The van der Waals surface area contributed by atoms with Gasteiger partial charge in [-0.05, 0) is 182 Å². The van der Waals surface area contributed by atoms with Crippen LogP contribution >= 0.6 is 90.7 Å². The Hall–Kier alpha value is -12.5. The molecule has 146 heavy (non-hydrogen) atoms. The number of thiophene rings is 6. The number of thiazole rings is 2. The molecular weight excluding hydrogens is 2100 g/mol. The van der Waals surface area contributed by atoms with E-state index in [0.717, 1.165) is 117 Å². The average Bonchev–Trinajstić information content (AvgIpc) is 1.19. The lowest BCUT2D eigenvalue weighted by Gasteiger charge is -2.32. The third kappa shape index (κ3) is 25.3. The number of rotatable bonds is 18. The molecule has 0 bridgehead atoms. The second-order valence-electron chi connectivity index (χ2n) is 34.0. The van der Waals surface area contributed by atoms with Gasteiger partial charge >= 0.3 is 59.3 Å². The molecule has 0 saturated carbocycles. The molecule has 0 fully saturated rings. The molecule has 0 spiro atoms.